The van der Waals surface area contributed by atoms with Crippen LogP contribution < -0.4 is 4.74 Å². The monoisotopic (exact) mass is 452 g/mol. The molecule has 0 aliphatic carbocycles. The topological polar surface area (TPSA) is 67.2 Å². The Kier molecular flexibility index (Phi) is 5.51. The molecule has 7 nitrogen and oxygen atoms in total. The predicted molar refractivity (Wildman–Crippen MR) is 121 cm³/mol. The third-order valence-corrected chi connectivity index (χ3v) is 6.79. The molecule has 1 aromatic carbocycles. The maximum Gasteiger partial charge on any atom is 0.274 e. The fraction of sp³-hybridized carbons (Fsp3) is 0.375. The molecule has 8 heteroatoms. The molecule has 2 aromatic heterocycles. The summed E-state index contributed by atoms with van der Waals surface area (Å²) >= 11 is 6.06. The van der Waals surface area contributed by atoms with Gasteiger partial charge in [0.05, 0.1) is 12.1 Å². The second-order valence-corrected chi connectivity index (χ2v) is 8.92. The van der Waals surface area contributed by atoms with Crippen LogP contribution in [-0.4, -0.2) is 63.8 Å². The third kappa shape index (κ3) is 3.81. The van der Waals surface area contributed by atoms with Crippen molar-refractivity contribution in [2.75, 3.05) is 26.7 Å². The molecule has 0 unspecified atom stereocenters. The van der Waals surface area contributed by atoms with Crippen molar-refractivity contribution in [3.8, 4) is 5.75 Å². The second-order valence-electron chi connectivity index (χ2n) is 8.48. The summed E-state index contributed by atoms with van der Waals surface area (Å²) in [5, 5.41) is 0.597. The van der Waals surface area contributed by atoms with Gasteiger partial charge in [0.25, 0.3) is 11.8 Å². The van der Waals surface area contributed by atoms with Crippen molar-refractivity contribution in [1.82, 2.24) is 19.2 Å². The first-order valence-corrected chi connectivity index (χ1v) is 11.3. The van der Waals surface area contributed by atoms with Crippen LogP contribution in [0.25, 0.3) is 5.65 Å². The van der Waals surface area contributed by atoms with Gasteiger partial charge < -0.3 is 18.9 Å². The molecule has 0 saturated carbocycles. The Hall–Kier alpha value is -3.06. The summed E-state index contributed by atoms with van der Waals surface area (Å²) in [4.78, 5) is 34.8. The predicted octanol–water partition coefficient (Wildman–Crippen LogP) is 3.76. The Morgan fingerprint density at radius 2 is 1.97 bits per heavy atom. The van der Waals surface area contributed by atoms with Gasteiger partial charge in [0.1, 0.15) is 17.1 Å². The van der Waals surface area contributed by atoms with E-state index < -0.39 is 0 Å². The maximum atomic E-state index is 13.3. The number of fused-ring (bicyclic) bond motifs is 2. The maximum absolute atomic E-state index is 13.3. The largest absolute Gasteiger partial charge is 0.497 e. The van der Waals surface area contributed by atoms with Gasteiger partial charge in [-0.3, -0.25) is 9.59 Å². The van der Waals surface area contributed by atoms with E-state index in [0.29, 0.717) is 40.8 Å². The first kappa shape index (κ1) is 20.8. The molecular formula is C24H25ClN4O3. The summed E-state index contributed by atoms with van der Waals surface area (Å²) in [5.41, 5.74) is 1.77. The first-order valence-electron chi connectivity index (χ1n) is 10.9. The number of amides is 2. The van der Waals surface area contributed by atoms with E-state index in [4.69, 9.17) is 16.3 Å². The molecule has 4 heterocycles. The number of methoxy groups -OCH3 is 1. The van der Waals surface area contributed by atoms with Gasteiger partial charge in [0, 0.05) is 43.6 Å². The minimum Gasteiger partial charge on any atom is -0.497 e. The number of rotatable bonds is 3. The molecule has 0 radical (unpaired) electrons. The van der Waals surface area contributed by atoms with E-state index >= 15 is 0 Å². The Bertz CT molecular complexity index is 1180. The van der Waals surface area contributed by atoms with Crippen molar-refractivity contribution in [2.24, 2.45) is 5.92 Å². The molecule has 2 atom stereocenters. The van der Waals surface area contributed by atoms with Crippen LogP contribution in [0.5, 0.6) is 5.75 Å². The van der Waals surface area contributed by atoms with Gasteiger partial charge in [-0.2, -0.15) is 0 Å². The van der Waals surface area contributed by atoms with Crippen molar-refractivity contribution in [3.05, 3.63) is 65.1 Å². The van der Waals surface area contributed by atoms with E-state index in [1.54, 1.807) is 42.1 Å². The molecule has 2 aliphatic heterocycles. The van der Waals surface area contributed by atoms with E-state index in [0.717, 1.165) is 25.8 Å². The Balaban J connectivity index is 1.32. The molecule has 166 valence electrons. The number of imidazole rings is 1. The molecule has 5 rings (SSSR count). The summed E-state index contributed by atoms with van der Waals surface area (Å²) in [7, 11) is 1.60. The minimum absolute atomic E-state index is 0.0167. The number of hydrogen-bond donors (Lipinski definition) is 0. The van der Waals surface area contributed by atoms with Gasteiger partial charge >= 0.3 is 0 Å². The van der Waals surface area contributed by atoms with Crippen LogP contribution in [0.4, 0.5) is 0 Å². The number of pyridine rings is 1. The van der Waals surface area contributed by atoms with Gasteiger partial charge in [0.2, 0.25) is 0 Å². The van der Waals surface area contributed by atoms with Gasteiger partial charge in [-0.1, -0.05) is 17.7 Å². The number of halogens is 1. The van der Waals surface area contributed by atoms with Crippen molar-refractivity contribution < 1.29 is 14.3 Å². The highest BCUT2D eigenvalue weighted by Gasteiger charge is 2.40. The normalized spacial score (nSPS) is 20.8. The van der Waals surface area contributed by atoms with Crippen LogP contribution in [-0.2, 0) is 0 Å². The average Bonchev–Trinajstić information content (AvgIpc) is 3.25. The van der Waals surface area contributed by atoms with Crippen molar-refractivity contribution in [1.29, 1.82) is 0 Å². The highest BCUT2D eigenvalue weighted by Crippen LogP contribution is 2.32. The van der Waals surface area contributed by atoms with Crippen LogP contribution in [0.15, 0.2) is 48.8 Å². The molecule has 0 N–H and O–H groups in total. The molecule has 2 amide bonds. The van der Waals surface area contributed by atoms with Crippen LogP contribution in [0.2, 0.25) is 5.02 Å². The Morgan fingerprint density at radius 3 is 2.81 bits per heavy atom. The molecule has 32 heavy (non-hydrogen) atoms. The molecule has 2 saturated heterocycles. The van der Waals surface area contributed by atoms with E-state index in [9.17, 15) is 9.59 Å². The van der Waals surface area contributed by atoms with E-state index in [2.05, 4.69) is 4.98 Å². The fourth-order valence-corrected chi connectivity index (χ4v) is 5.16. The number of piperidine rings is 2. The molecule has 2 aliphatic rings. The number of carbonyl (C=O) groups is 2. The standard InChI is InChI=1S/C24H25ClN4O3/c1-32-19-6-2-4-16(12-19)23(30)27-11-9-21-17(13-27)5-3-10-29(21)24(31)20-15-28-14-18(25)7-8-22(28)26-20/h2,4,6-8,12,14-15,17,21H,3,5,9-11,13H2,1H3/t17-,21-/m1/s1. The lowest BCUT2D eigenvalue weighted by Crippen LogP contribution is -2.56. The number of nitrogens with zero attached hydrogens (tertiary/aromatic N) is 4. The lowest BCUT2D eigenvalue weighted by Gasteiger charge is -2.47. The summed E-state index contributed by atoms with van der Waals surface area (Å²) in [6.07, 6.45) is 6.20. The summed E-state index contributed by atoms with van der Waals surface area (Å²) in [6.45, 7) is 2.01. The van der Waals surface area contributed by atoms with E-state index in [1.807, 2.05) is 28.0 Å². The zero-order valence-electron chi connectivity index (χ0n) is 17.9. The van der Waals surface area contributed by atoms with Gasteiger partial charge in [-0.25, -0.2) is 4.98 Å². The fourth-order valence-electron chi connectivity index (χ4n) is 4.99. The van der Waals surface area contributed by atoms with Crippen molar-refractivity contribution >= 4 is 29.1 Å². The Morgan fingerprint density at radius 1 is 1.09 bits per heavy atom. The molecule has 0 bridgehead atoms. The lowest BCUT2D eigenvalue weighted by molar-refractivity contribution is 0.0194. The van der Waals surface area contributed by atoms with Crippen LogP contribution in [0.1, 0.15) is 40.1 Å². The number of benzene rings is 1. The van der Waals surface area contributed by atoms with Crippen LogP contribution in [0.3, 0.4) is 0 Å². The summed E-state index contributed by atoms with van der Waals surface area (Å²) in [6, 6.07) is 11.0. The van der Waals surface area contributed by atoms with Crippen molar-refractivity contribution in [3.63, 3.8) is 0 Å². The lowest BCUT2D eigenvalue weighted by atomic mass is 9.83. The quantitative estimate of drug-likeness (QED) is 0.606. The average molecular weight is 453 g/mol. The summed E-state index contributed by atoms with van der Waals surface area (Å²) < 4.78 is 7.04. The number of carbonyl (C=O) groups excluding carboxylic acids is 2. The van der Waals surface area contributed by atoms with Gasteiger partial charge in [-0.05, 0) is 55.5 Å². The molecule has 3 aromatic rings. The molecular weight excluding hydrogens is 428 g/mol. The van der Waals surface area contributed by atoms with Crippen LogP contribution >= 0.6 is 11.6 Å². The van der Waals surface area contributed by atoms with Gasteiger partial charge in [-0.15, -0.1) is 0 Å². The highest BCUT2D eigenvalue weighted by atomic mass is 35.5. The van der Waals surface area contributed by atoms with Gasteiger partial charge in [0.15, 0.2) is 0 Å². The third-order valence-electron chi connectivity index (χ3n) is 6.57. The Labute approximate surface area is 191 Å². The minimum atomic E-state index is -0.0490. The van der Waals surface area contributed by atoms with E-state index in [1.165, 1.54) is 0 Å². The second kappa shape index (κ2) is 8.47. The smallest absolute Gasteiger partial charge is 0.274 e. The van der Waals surface area contributed by atoms with Crippen molar-refractivity contribution in [2.45, 2.75) is 25.3 Å². The number of aromatic nitrogens is 2. The molecule has 0 spiro atoms. The zero-order valence-corrected chi connectivity index (χ0v) is 18.7. The van der Waals surface area contributed by atoms with E-state index in [-0.39, 0.29) is 23.8 Å². The first-order chi connectivity index (χ1) is 15.5. The number of ether oxygens (including phenoxy) is 1. The molecule has 2 fully saturated rings. The summed E-state index contributed by atoms with van der Waals surface area (Å²) in [5.74, 6) is 0.909. The van der Waals surface area contributed by atoms with Crippen LogP contribution in [0, 0.1) is 5.92 Å². The number of likely N-dealkylation sites (tertiary alicyclic amines) is 2. The number of hydrogen-bond acceptors (Lipinski definition) is 4. The SMILES string of the molecule is COc1cccc(C(=O)N2CC[C@@H]3[C@H](CCCN3C(=O)c3cn4cc(Cl)ccc4n3)C2)c1. The highest BCUT2D eigenvalue weighted by molar-refractivity contribution is 6.30. The zero-order chi connectivity index (χ0) is 22.2.